The molecule has 7 N–H and O–H groups in total. The Kier molecular flexibility index (Phi) is 9.56. The third-order valence-electron chi connectivity index (χ3n) is 3.56. The zero-order chi connectivity index (χ0) is 20.4. The fraction of sp³-hybridized carbons (Fsp3) is 0.412. The van der Waals surface area contributed by atoms with E-state index in [0.717, 1.165) is 21.1 Å². The summed E-state index contributed by atoms with van der Waals surface area (Å²) in [5.41, 5.74) is 17.9. The van der Waals surface area contributed by atoms with Gasteiger partial charge in [0.05, 0.1) is 12.3 Å². The average Bonchev–Trinajstić information content (AvgIpc) is 2.61. The summed E-state index contributed by atoms with van der Waals surface area (Å²) in [6.07, 6.45) is 2.88. The highest BCUT2D eigenvalue weighted by Crippen LogP contribution is 2.17. The minimum absolute atomic E-state index is 0.0246. The van der Waals surface area contributed by atoms with Crippen molar-refractivity contribution in [1.29, 1.82) is 4.78 Å². The van der Waals surface area contributed by atoms with Crippen LogP contribution < -0.4 is 17.2 Å². The second kappa shape index (κ2) is 11.1. The van der Waals surface area contributed by atoms with Crippen molar-refractivity contribution in [3.8, 4) is 0 Å². The molecule has 27 heavy (non-hydrogen) atoms. The topological polar surface area (TPSA) is 158 Å². The van der Waals surface area contributed by atoms with Gasteiger partial charge in [0.15, 0.2) is 5.96 Å². The van der Waals surface area contributed by atoms with Crippen molar-refractivity contribution in [1.82, 2.24) is 0 Å². The van der Waals surface area contributed by atoms with Crippen LogP contribution in [0.25, 0.3) is 0 Å². The lowest BCUT2D eigenvalue weighted by Crippen LogP contribution is -2.22. The molecule has 1 unspecified atom stereocenters. The Balaban J connectivity index is 2.63. The third kappa shape index (κ3) is 9.09. The fourth-order valence-corrected chi connectivity index (χ4v) is 4.09. The van der Waals surface area contributed by atoms with Gasteiger partial charge in [0, 0.05) is 24.6 Å². The average molecular weight is 507 g/mol. The first-order valence-corrected chi connectivity index (χ1v) is 11.3. The van der Waals surface area contributed by atoms with Crippen LogP contribution in [-0.4, -0.2) is 27.6 Å². The van der Waals surface area contributed by atoms with Gasteiger partial charge in [0.2, 0.25) is 0 Å². The van der Waals surface area contributed by atoms with Crippen molar-refractivity contribution in [2.45, 2.75) is 32.9 Å². The molecule has 0 aromatic heterocycles. The van der Waals surface area contributed by atoms with Gasteiger partial charge in [-0.3, -0.25) is 4.78 Å². The number of hydrogen-bond acceptors (Lipinski definition) is 6. The molecule has 1 rings (SSSR count). The van der Waals surface area contributed by atoms with E-state index in [2.05, 4.69) is 27.6 Å². The van der Waals surface area contributed by atoms with Crippen LogP contribution in [-0.2, 0) is 32.4 Å². The highest BCUT2D eigenvalue weighted by Gasteiger charge is 2.11. The summed E-state index contributed by atoms with van der Waals surface area (Å²) in [4.78, 5) is 15.9. The molecule has 0 saturated carbocycles. The van der Waals surface area contributed by atoms with Gasteiger partial charge in [-0.1, -0.05) is 25.5 Å². The number of esters is 1. The molecule has 0 fully saturated rings. The maximum Gasteiger partial charge on any atom is 0.354 e. The molecule has 0 amide bonds. The van der Waals surface area contributed by atoms with E-state index in [1.165, 1.54) is 6.08 Å². The zero-order valence-corrected chi connectivity index (χ0v) is 18.2. The lowest BCUT2D eigenvalue weighted by atomic mass is 10.1. The molecule has 1 aromatic carbocycles. The summed E-state index contributed by atoms with van der Waals surface area (Å²) in [6.45, 7) is 2.39. The number of hydrogen-bond donors (Lipinski definition) is 4. The number of nitrogens with one attached hydrogen (secondary N) is 1. The van der Waals surface area contributed by atoms with Crippen molar-refractivity contribution in [2.24, 2.45) is 22.2 Å². The monoisotopic (exact) mass is 507 g/mol. The van der Waals surface area contributed by atoms with Crippen LogP contribution in [0.2, 0.25) is 0 Å². The highest BCUT2D eigenvalue weighted by atomic mass is 127. The largest absolute Gasteiger partial charge is 0.456 e. The molecule has 8 nitrogen and oxygen atoms in total. The number of carbonyl (C=O) groups is 1. The lowest BCUT2D eigenvalue weighted by molar-refractivity contribution is -0.140. The summed E-state index contributed by atoms with van der Waals surface area (Å²) >= 11 is 2.14. The van der Waals surface area contributed by atoms with E-state index >= 15 is 0 Å². The van der Waals surface area contributed by atoms with Crippen LogP contribution in [0.4, 0.5) is 0 Å². The number of rotatable bonds is 10. The molecular weight excluding hydrogens is 481 g/mol. The van der Waals surface area contributed by atoms with Crippen LogP contribution in [0.15, 0.2) is 35.0 Å². The van der Waals surface area contributed by atoms with Crippen LogP contribution in [0.1, 0.15) is 30.9 Å². The molecule has 0 saturated heterocycles. The van der Waals surface area contributed by atoms with Gasteiger partial charge in [-0.05, 0) is 46.7 Å². The minimum Gasteiger partial charge on any atom is -0.456 e. The summed E-state index contributed by atoms with van der Waals surface area (Å²) in [7, 11) is -2.76. The molecule has 1 aromatic rings. The standard InChI is InChI=1S/C17H26IN5O3S/c1-2-3-7-27(22,25)8-6-15(19)16(24)26-11-13-5-4-12(9-14(13)18)10-23-17(20)21/h4-6,9,22H,2-3,7-8,10-11,19H2,1H3,(H4,20,21,23)/b15-6+. The van der Waals surface area contributed by atoms with Crippen molar-refractivity contribution in [2.75, 3.05) is 11.5 Å². The van der Waals surface area contributed by atoms with Gasteiger partial charge in [0.1, 0.15) is 12.3 Å². The molecule has 0 heterocycles. The number of carbonyl (C=O) groups excluding carboxylic acids is 1. The summed E-state index contributed by atoms with van der Waals surface area (Å²) in [6, 6.07) is 5.58. The number of halogens is 1. The maximum absolute atomic E-state index is 12.0. The first-order valence-electron chi connectivity index (χ1n) is 8.34. The van der Waals surface area contributed by atoms with Crippen LogP contribution in [0.3, 0.4) is 0 Å². The van der Waals surface area contributed by atoms with Crippen LogP contribution >= 0.6 is 22.6 Å². The lowest BCUT2D eigenvalue weighted by Gasteiger charge is -2.09. The number of nitrogens with two attached hydrogens (primary N) is 3. The van der Waals surface area contributed by atoms with Gasteiger partial charge in [-0.2, -0.15) is 0 Å². The second-order valence-corrected chi connectivity index (χ2v) is 9.47. The smallest absolute Gasteiger partial charge is 0.354 e. The van der Waals surface area contributed by atoms with Crippen molar-refractivity contribution in [3.63, 3.8) is 0 Å². The number of aliphatic imine (C=N–C) groups is 1. The van der Waals surface area contributed by atoms with E-state index in [-0.39, 0.29) is 24.0 Å². The Hall–Kier alpha value is -1.82. The van der Waals surface area contributed by atoms with E-state index in [1.54, 1.807) is 0 Å². The molecule has 10 heteroatoms. The Morgan fingerprint density at radius 3 is 2.67 bits per heavy atom. The van der Waals surface area contributed by atoms with Crippen LogP contribution in [0, 0.1) is 8.35 Å². The van der Waals surface area contributed by atoms with Crippen molar-refractivity contribution < 1.29 is 13.7 Å². The number of unbranched alkanes of at least 4 members (excludes halogenated alkanes) is 1. The molecule has 0 spiro atoms. The Morgan fingerprint density at radius 2 is 2.07 bits per heavy atom. The molecule has 0 radical (unpaired) electrons. The van der Waals surface area contributed by atoms with E-state index in [9.17, 15) is 9.00 Å². The predicted octanol–water partition coefficient (Wildman–Crippen LogP) is 1.80. The minimum atomic E-state index is -2.76. The second-order valence-electron chi connectivity index (χ2n) is 5.94. The number of benzene rings is 1. The molecule has 0 aliphatic rings. The van der Waals surface area contributed by atoms with Gasteiger partial charge in [-0.25, -0.2) is 14.0 Å². The SMILES string of the molecule is CCCCS(=N)(=O)C/C=C(/N)C(=O)OCc1ccc(CN=C(N)N)cc1I. The highest BCUT2D eigenvalue weighted by molar-refractivity contribution is 14.1. The summed E-state index contributed by atoms with van der Waals surface area (Å²) in [5, 5.41) is 0. The Morgan fingerprint density at radius 1 is 1.37 bits per heavy atom. The van der Waals surface area contributed by atoms with Crippen molar-refractivity contribution in [3.05, 3.63) is 44.7 Å². The molecule has 150 valence electrons. The first-order chi connectivity index (χ1) is 12.6. The quantitative estimate of drug-likeness (QED) is 0.124. The fourth-order valence-electron chi connectivity index (χ4n) is 1.98. The van der Waals surface area contributed by atoms with E-state index < -0.39 is 15.7 Å². The molecular formula is C17H26IN5O3S. The summed E-state index contributed by atoms with van der Waals surface area (Å²) < 4.78 is 25.9. The van der Waals surface area contributed by atoms with Gasteiger partial charge in [0.25, 0.3) is 0 Å². The Bertz CT molecular complexity index is 818. The predicted molar refractivity (Wildman–Crippen MR) is 116 cm³/mol. The zero-order valence-electron chi connectivity index (χ0n) is 15.2. The summed E-state index contributed by atoms with van der Waals surface area (Å²) in [5.74, 6) is -0.421. The molecule has 0 aliphatic carbocycles. The molecule has 0 bridgehead atoms. The molecule has 0 aliphatic heterocycles. The number of nitrogens with zero attached hydrogens (tertiary/aromatic N) is 1. The van der Waals surface area contributed by atoms with Crippen LogP contribution in [0.5, 0.6) is 0 Å². The molecule has 1 atom stereocenters. The number of ether oxygens (including phenoxy) is 1. The van der Waals surface area contributed by atoms with Crippen molar-refractivity contribution >= 4 is 44.2 Å². The van der Waals surface area contributed by atoms with Gasteiger partial charge < -0.3 is 21.9 Å². The van der Waals surface area contributed by atoms with E-state index in [4.69, 9.17) is 26.7 Å². The third-order valence-corrected chi connectivity index (χ3v) is 6.21. The van der Waals surface area contributed by atoms with E-state index in [1.807, 2.05) is 25.1 Å². The maximum atomic E-state index is 12.0. The Labute approximate surface area is 173 Å². The van der Waals surface area contributed by atoms with E-state index in [0.29, 0.717) is 18.7 Å². The van der Waals surface area contributed by atoms with Gasteiger partial charge in [-0.15, -0.1) is 0 Å². The van der Waals surface area contributed by atoms with Gasteiger partial charge >= 0.3 is 5.97 Å². The normalized spacial score (nSPS) is 13.6. The first kappa shape index (κ1) is 23.2. The number of guanidine groups is 1.